The van der Waals surface area contributed by atoms with Gasteiger partial charge in [0, 0.05) is 5.56 Å². The third-order valence-corrected chi connectivity index (χ3v) is 2.24. The van der Waals surface area contributed by atoms with Crippen molar-refractivity contribution in [1.82, 2.24) is 4.98 Å². The maximum Gasteiger partial charge on any atom is 0.416 e. The zero-order valence-electron chi connectivity index (χ0n) is 8.70. The zero-order chi connectivity index (χ0) is 12.5. The molecular formula is C12H9F3N2. The van der Waals surface area contributed by atoms with E-state index < -0.39 is 11.7 Å². The number of pyridine rings is 1. The van der Waals surface area contributed by atoms with Crippen LogP contribution in [-0.2, 0) is 6.18 Å². The average molecular weight is 238 g/mol. The van der Waals surface area contributed by atoms with Gasteiger partial charge in [-0.1, -0.05) is 30.3 Å². The molecule has 0 unspecified atom stereocenters. The normalized spacial score (nSPS) is 11.5. The van der Waals surface area contributed by atoms with Crippen molar-refractivity contribution in [2.24, 2.45) is 0 Å². The molecule has 17 heavy (non-hydrogen) atoms. The fraction of sp³-hybridized carbons (Fsp3) is 0.0833. The highest BCUT2D eigenvalue weighted by Crippen LogP contribution is 2.32. The summed E-state index contributed by atoms with van der Waals surface area (Å²) in [7, 11) is 0. The van der Waals surface area contributed by atoms with Crippen LogP contribution < -0.4 is 5.73 Å². The van der Waals surface area contributed by atoms with E-state index in [1.165, 1.54) is 0 Å². The number of benzene rings is 1. The molecule has 2 rings (SSSR count). The minimum Gasteiger partial charge on any atom is -0.384 e. The van der Waals surface area contributed by atoms with E-state index in [1.54, 1.807) is 30.3 Å². The molecule has 0 saturated heterocycles. The SMILES string of the molecule is Nc1cc(C(F)(F)F)cc(-c2ccccc2)n1. The number of nitrogens with two attached hydrogens (primary N) is 1. The first-order chi connectivity index (χ1) is 7.97. The van der Waals surface area contributed by atoms with Crippen molar-refractivity contribution < 1.29 is 13.2 Å². The second kappa shape index (κ2) is 4.08. The van der Waals surface area contributed by atoms with Crippen molar-refractivity contribution in [1.29, 1.82) is 0 Å². The van der Waals surface area contributed by atoms with Crippen molar-refractivity contribution in [2.45, 2.75) is 6.18 Å². The minimum absolute atomic E-state index is 0.140. The Morgan fingerprint density at radius 1 is 1.00 bits per heavy atom. The van der Waals surface area contributed by atoms with Gasteiger partial charge < -0.3 is 5.73 Å². The van der Waals surface area contributed by atoms with E-state index >= 15 is 0 Å². The van der Waals surface area contributed by atoms with E-state index in [4.69, 9.17) is 5.73 Å². The molecule has 0 saturated carbocycles. The molecule has 0 aliphatic carbocycles. The number of hydrogen-bond acceptors (Lipinski definition) is 2. The quantitative estimate of drug-likeness (QED) is 0.827. The molecule has 0 amide bonds. The highest BCUT2D eigenvalue weighted by molar-refractivity contribution is 5.62. The van der Waals surface area contributed by atoms with E-state index in [-0.39, 0.29) is 11.5 Å². The Morgan fingerprint density at radius 3 is 2.24 bits per heavy atom. The van der Waals surface area contributed by atoms with Crippen molar-refractivity contribution in [3.05, 3.63) is 48.0 Å². The molecule has 2 aromatic rings. The molecule has 88 valence electrons. The second-order valence-corrected chi connectivity index (χ2v) is 3.53. The molecule has 1 heterocycles. The number of nitrogen functional groups attached to an aromatic ring is 1. The number of rotatable bonds is 1. The zero-order valence-corrected chi connectivity index (χ0v) is 8.70. The number of hydrogen-bond donors (Lipinski definition) is 1. The Bertz CT molecular complexity index is 521. The summed E-state index contributed by atoms with van der Waals surface area (Å²) in [5.74, 6) is -0.140. The van der Waals surface area contributed by atoms with Crippen LogP contribution in [-0.4, -0.2) is 4.98 Å². The van der Waals surface area contributed by atoms with Crippen LogP contribution in [0.25, 0.3) is 11.3 Å². The van der Waals surface area contributed by atoms with Crippen LogP contribution in [0.5, 0.6) is 0 Å². The summed E-state index contributed by atoms with van der Waals surface area (Å²) >= 11 is 0. The molecule has 0 atom stereocenters. The fourth-order valence-electron chi connectivity index (χ4n) is 1.47. The third-order valence-electron chi connectivity index (χ3n) is 2.24. The topological polar surface area (TPSA) is 38.9 Å². The smallest absolute Gasteiger partial charge is 0.384 e. The third kappa shape index (κ3) is 2.55. The van der Waals surface area contributed by atoms with Gasteiger partial charge in [0.2, 0.25) is 0 Å². The Labute approximate surface area is 95.9 Å². The maximum absolute atomic E-state index is 12.6. The van der Waals surface area contributed by atoms with Crippen molar-refractivity contribution in [3.63, 3.8) is 0 Å². The lowest BCUT2D eigenvalue weighted by Gasteiger charge is -2.09. The molecule has 0 aliphatic rings. The molecule has 1 aromatic carbocycles. The Kier molecular flexibility index (Phi) is 2.75. The summed E-state index contributed by atoms with van der Waals surface area (Å²) in [5, 5.41) is 0. The fourth-order valence-corrected chi connectivity index (χ4v) is 1.47. The Balaban J connectivity index is 2.54. The first-order valence-electron chi connectivity index (χ1n) is 4.87. The average Bonchev–Trinajstić information content (AvgIpc) is 2.28. The first kappa shape index (κ1) is 11.4. The van der Waals surface area contributed by atoms with Crippen LogP contribution in [0.3, 0.4) is 0 Å². The van der Waals surface area contributed by atoms with E-state index in [0.717, 1.165) is 12.1 Å². The van der Waals surface area contributed by atoms with Gasteiger partial charge in [0.15, 0.2) is 0 Å². The molecule has 0 bridgehead atoms. The van der Waals surface area contributed by atoms with Gasteiger partial charge in [-0.05, 0) is 12.1 Å². The summed E-state index contributed by atoms with van der Waals surface area (Å²) in [6.07, 6.45) is -4.42. The number of alkyl halides is 3. The van der Waals surface area contributed by atoms with Gasteiger partial charge in [0.25, 0.3) is 0 Å². The van der Waals surface area contributed by atoms with Gasteiger partial charge in [-0.3, -0.25) is 0 Å². The molecule has 0 aliphatic heterocycles. The van der Waals surface area contributed by atoms with E-state index in [0.29, 0.717) is 5.56 Å². The molecule has 1 aromatic heterocycles. The van der Waals surface area contributed by atoms with Gasteiger partial charge in [0.05, 0.1) is 11.3 Å². The number of aromatic nitrogens is 1. The molecule has 2 N–H and O–H groups in total. The Morgan fingerprint density at radius 2 is 1.65 bits per heavy atom. The van der Waals surface area contributed by atoms with Crippen molar-refractivity contribution >= 4 is 5.82 Å². The number of anilines is 1. The molecule has 0 spiro atoms. The molecule has 0 radical (unpaired) electrons. The van der Waals surface area contributed by atoms with Crippen LogP contribution in [0.2, 0.25) is 0 Å². The second-order valence-electron chi connectivity index (χ2n) is 3.53. The van der Waals surface area contributed by atoms with Crippen LogP contribution >= 0.6 is 0 Å². The maximum atomic E-state index is 12.6. The molecular weight excluding hydrogens is 229 g/mol. The Hall–Kier alpha value is -2.04. The van der Waals surface area contributed by atoms with Crippen LogP contribution in [0.15, 0.2) is 42.5 Å². The standard InChI is InChI=1S/C12H9F3N2/c13-12(14,15)9-6-10(17-11(16)7-9)8-4-2-1-3-5-8/h1-7H,(H2,16,17). The summed E-state index contributed by atoms with van der Waals surface area (Å²) in [5.41, 5.74) is 5.42. The monoisotopic (exact) mass is 238 g/mol. The van der Waals surface area contributed by atoms with E-state index in [1.807, 2.05) is 0 Å². The summed E-state index contributed by atoms with van der Waals surface area (Å²) in [6.45, 7) is 0. The van der Waals surface area contributed by atoms with Gasteiger partial charge in [0.1, 0.15) is 5.82 Å². The van der Waals surface area contributed by atoms with Gasteiger partial charge in [-0.25, -0.2) is 4.98 Å². The van der Waals surface area contributed by atoms with Crippen molar-refractivity contribution in [3.8, 4) is 11.3 Å². The van der Waals surface area contributed by atoms with E-state index in [9.17, 15) is 13.2 Å². The van der Waals surface area contributed by atoms with Crippen molar-refractivity contribution in [2.75, 3.05) is 5.73 Å². The lowest BCUT2D eigenvalue weighted by Crippen LogP contribution is -2.07. The van der Waals surface area contributed by atoms with Gasteiger partial charge in [-0.15, -0.1) is 0 Å². The largest absolute Gasteiger partial charge is 0.416 e. The highest BCUT2D eigenvalue weighted by atomic mass is 19.4. The molecule has 5 heteroatoms. The first-order valence-corrected chi connectivity index (χ1v) is 4.87. The lowest BCUT2D eigenvalue weighted by atomic mass is 10.1. The highest BCUT2D eigenvalue weighted by Gasteiger charge is 2.31. The predicted octanol–water partition coefficient (Wildman–Crippen LogP) is 3.35. The summed E-state index contributed by atoms with van der Waals surface area (Å²) in [6, 6.07) is 10.4. The van der Waals surface area contributed by atoms with Crippen LogP contribution in [0.4, 0.5) is 19.0 Å². The lowest BCUT2D eigenvalue weighted by molar-refractivity contribution is -0.137. The summed E-state index contributed by atoms with van der Waals surface area (Å²) in [4.78, 5) is 3.90. The number of halogens is 3. The minimum atomic E-state index is -4.42. The van der Waals surface area contributed by atoms with Gasteiger partial charge in [-0.2, -0.15) is 13.2 Å². The number of nitrogens with zero attached hydrogens (tertiary/aromatic N) is 1. The van der Waals surface area contributed by atoms with E-state index in [2.05, 4.69) is 4.98 Å². The van der Waals surface area contributed by atoms with Crippen LogP contribution in [0, 0.1) is 0 Å². The molecule has 2 nitrogen and oxygen atoms in total. The molecule has 0 fully saturated rings. The summed E-state index contributed by atoms with van der Waals surface area (Å²) < 4.78 is 37.7. The van der Waals surface area contributed by atoms with Crippen LogP contribution in [0.1, 0.15) is 5.56 Å². The van der Waals surface area contributed by atoms with Gasteiger partial charge >= 0.3 is 6.18 Å². The predicted molar refractivity (Wildman–Crippen MR) is 59.1 cm³/mol.